The van der Waals surface area contributed by atoms with Gasteiger partial charge in [0.25, 0.3) is 0 Å². The lowest BCUT2D eigenvalue weighted by Gasteiger charge is -2.36. The predicted molar refractivity (Wildman–Crippen MR) is 69.5 cm³/mol. The number of carbonyl (C=O) groups excluding carboxylic acids is 2. The molecular weight excluding hydrogens is 244 g/mol. The summed E-state index contributed by atoms with van der Waals surface area (Å²) in [7, 11) is 0. The van der Waals surface area contributed by atoms with Crippen LogP contribution in [0.1, 0.15) is 39.0 Å². The minimum Gasteiger partial charge on any atom is -0.376 e. The van der Waals surface area contributed by atoms with E-state index in [0.29, 0.717) is 13.0 Å². The van der Waals surface area contributed by atoms with Crippen molar-refractivity contribution in [2.75, 3.05) is 19.7 Å². The summed E-state index contributed by atoms with van der Waals surface area (Å²) >= 11 is 0. The number of ether oxygens (including phenoxy) is 1. The minimum absolute atomic E-state index is 0.0918. The quantitative estimate of drug-likeness (QED) is 0.704. The molecule has 5 nitrogen and oxygen atoms in total. The first kappa shape index (κ1) is 12.9. The molecule has 3 atom stereocenters. The molecule has 3 unspecified atom stereocenters. The van der Waals surface area contributed by atoms with E-state index in [1.54, 1.807) is 0 Å². The highest BCUT2D eigenvalue weighted by Gasteiger charge is 2.42. The Bertz CT molecular complexity index is 385. The molecule has 0 aromatic rings. The molecular formula is C14H22N2O3. The average Bonchev–Trinajstić information content (AvgIpc) is 2.80. The van der Waals surface area contributed by atoms with Crippen LogP contribution in [0.3, 0.4) is 0 Å². The van der Waals surface area contributed by atoms with E-state index in [0.717, 1.165) is 38.8 Å². The molecule has 3 aliphatic heterocycles. The topological polar surface area (TPSA) is 49.9 Å². The van der Waals surface area contributed by atoms with Crippen LogP contribution in [0.2, 0.25) is 0 Å². The van der Waals surface area contributed by atoms with Gasteiger partial charge in [0.05, 0.1) is 12.1 Å². The molecule has 0 bridgehead atoms. The van der Waals surface area contributed by atoms with Crippen LogP contribution in [0.4, 0.5) is 0 Å². The molecule has 0 N–H and O–H groups in total. The van der Waals surface area contributed by atoms with Crippen LogP contribution >= 0.6 is 0 Å². The second-order valence-corrected chi connectivity index (χ2v) is 5.81. The Hall–Kier alpha value is -1.10. The van der Waals surface area contributed by atoms with E-state index < -0.39 is 0 Å². The van der Waals surface area contributed by atoms with E-state index in [2.05, 4.69) is 0 Å². The second-order valence-electron chi connectivity index (χ2n) is 5.81. The fourth-order valence-electron chi connectivity index (χ4n) is 3.61. The average molecular weight is 266 g/mol. The van der Waals surface area contributed by atoms with Crippen LogP contribution in [0.15, 0.2) is 0 Å². The molecule has 106 valence electrons. The number of nitrogens with zero attached hydrogens (tertiary/aromatic N) is 2. The number of hydrogen-bond acceptors (Lipinski definition) is 3. The van der Waals surface area contributed by atoms with Gasteiger partial charge in [0.1, 0.15) is 6.04 Å². The highest BCUT2D eigenvalue weighted by molar-refractivity contribution is 5.90. The van der Waals surface area contributed by atoms with Crippen molar-refractivity contribution in [1.82, 2.24) is 9.80 Å². The molecule has 3 saturated heterocycles. The van der Waals surface area contributed by atoms with E-state index in [1.165, 1.54) is 0 Å². The van der Waals surface area contributed by atoms with Crippen LogP contribution in [-0.2, 0) is 14.3 Å². The van der Waals surface area contributed by atoms with Gasteiger partial charge in [0.15, 0.2) is 0 Å². The van der Waals surface area contributed by atoms with Gasteiger partial charge in [-0.2, -0.15) is 0 Å². The van der Waals surface area contributed by atoms with Crippen LogP contribution in [0.25, 0.3) is 0 Å². The van der Waals surface area contributed by atoms with Gasteiger partial charge in [-0.1, -0.05) is 0 Å². The Morgan fingerprint density at radius 1 is 1.11 bits per heavy atom. The number of fused-ring (bicyclic) bond motifs is 1. The maximum atomic E-state index is 12.7. The number of rotatable bonds is 1. The van der Waals surface area contributed by atoms with E-state index >= 15 is 0 Å². The first-order chi connectivity index (χ1) is 9.18. The van der Waals surface area contributed by atoms with Crippen molar-refractivity contribution in [3.63, 3.8) is 0 Å². The zero-order valence-corrected chi connectivity index (χ0v) is 11.5. The summed E-state index contributed by atoms with van der Waals surface area (Å²) < 4.78 is 5.58. The van der Waals surface area contributed by atoms with Gasteiger partial charge in [-0.05, 0) is 32.6 Å². The predicted octanol–water partition coefficient (Wildman–Crippen LogP) is 0.777. The van der Waals surface area contributed by atoms with Gasteiger partial charge in [-0.3, -0.25) is 9.59 Å². The Labute approximate surface area is 113 Å². The molecule has 5 heteroatoms. The summed E-state index contributed by atoms with van der Waals surface area (Å²) in [6.45, 7) is 4.05. The SMILES string of the molecule is CC1OCCC1N1CCC(=O)N2CCCCC2C1=O. The Kier molecular flexibility index (Phi) is 3.48. The standard InChI is InChI=1S/C14H22N2O3/c1-10-11(6-9-19-10)16-8-5-13(17)15-7-3-2-4-12(15)14(16)18/h10-12H,2-9H2,1H3. The van der Waals surface area contributed by atoms with Gasteiger partial charge in [-0.25, -0.2) is 0 Å². The van der Waals surface area contributed by atoms with Crippen molar-refractivity contribution in [3.8, 4) is 0 Å². The third-order valence-electron chi connectivity index (χ3n) is 4.69. The van der Waals surface area contributed by atoms with Crippen LogP contribution in [0, 0.1) is 0 Å². The van der Waals surface area contributed by atoms with Crippen molar-refractivity contribution in [2.45, 2.75) is 57.2 Å². The zero-order chi connectivity index (χ0) is 13.4. The summed E-state index contributed by atoms with van der Waals surface area (Å²) in [5.41, 5.74) is 0. The van der Waals surface area contributed by atoms with Gasteiger partial charge >= 0.3 is 0 Å². The Morgan fingerprint density at radius 3 is 2.68 bits per heavy atom. The Morgan fingerprint density at radius 2 is 1.95 bits per heavy atom. The molecule has 3 heterocycles. The number of carbonyl (C=O) groups is 2. The number of piperidine rings is 1. The molecule has 0 spiro atoms. The summed E-state index contributed by atoms with van der Waals surface area (Å²) in [6.07, 6.45) is 4.35. The zero-order valence-electron chi connectivity index (χ0n) is 11.5. The summed E-state index contributed by atoms with van der Waals surface area (Å²) in [6, 6.07) is -0.0567. The molecule has 0 aromatic carbocycles. The first-order valence-electron chi connectivity index (χ1n) is 7.40. The Balaban J connectivity index is 1.82. The number of hydrogen-bond donors (Lipinski definition) is 0. The summed E-state index contributed by atoms with van der Waals surface area (Å²) in [5, 5.41) is 0. The monoisotopic (exact) mass is 266 g/mol. The van der Waals surface area contributed by atoms with Crippen LogP contribution in [-0.4, -0.2) is 59.5 Å². The van der Waals surface area contributed by atoms with E-state index in [9.17, 15) is 9.59 Å². The largest absolute Gasteiger partial charge is 0.376 e. The van der Waals surface area contributed by atoms with Crippen molar-refractivity contribution in [2.24, 2.45) is 0 Å². The van der Waals surface area contributed by atoms with Gasteiger partial charge in [0.2, 0.25) is 11.8 Å². The van der Waals surface area contributed by atoms with E-state index in [1.807, 2.05) is 16.7 Å². The lowest BCUT2D eigenvalue weighted by atomic mass is 10.00. The molecule has 3 fully saturated rings. The molecule has 0 aliphatic carbocycles. The number of amides is 2. The van der Waals surface area contributed by atoms with Crippen molar-refractivity contribution in [1.29, 1.82) is 0 Å². The van der Waals surface area contributed by atoms with Crippen LogP contribution < -0.4 is 0 Å². The van der Waals surface area contributed by atoms with E-state index in [-0.39, 0.29) is 30.0 Å². The smallest absolute Gasteiger partial charge is 0.245 e. The fraction of sp³-hybridized carbons (Fsp3) is 0.857. The first-order valence-corrected chi connectivity index (χ1v) is 7.40. The molecule has 0 saturated carbocycles. The third kappa shape index (κ3) is 2.24. The third-order valence-corrected chi connectivity index (χ3v) is 4.69. The molecule has 19 heavy (non-hydrogen) atoms. The maximum absolute atomic E-state index is 12.7. The van der Waals surface area contributed by atoms with Crippen molar-refractivity contribution < 1.29 is 14.3 Å². The molecule has 2 amide bonds. The maximum Gasteiger partial charge on any atom is 0.245 e. The molecule has 3 rings (SSSR count). The lowest BCUT2D eigenvalue weighted by molar-refractivity contribution is -0.144. The minimum atomic E-state index is -0.212. The van der Waals surface area contributed by atoms with Crippen molar-refractivity contribution >= 4 is 11.8 Å². The molecule has 0 aromatic heterocycles. The van der Waals surface area contributed by atoms with E-state index in [4.69, 9.17) is 4.74 Å². The van der Waals surface area contributed by atoms with Crippen LogP contribution in [0.5, 0.6) is 0 Å². The summed E-state index contributed by atoms with van der Waals surface area (Å²) in [4.78, 5) is 28.6. The highest BCUT2D eigenvalue weighted by atomic mass is 16.5. The van der Waals surface area contributed by atoms with Gasteiger partial charge in [-0.15, -0.1) is 0 Å². The lowest BCUT2D eigenvalue weighted by Crippen LogP contribution is -2.53. The van der Waals surface area contributed by atoms with Crippen molar-refractivity contribution in [3.05, 3.63) is 0 Å². The molecule has 0 radical (unpaired) electrons. The second kappa shape index (κ2) is 5.12. The summed E-state index contributed by atoms with van der Waals surface area (Å²) in [5.74, 6) is 0.292. The fourth-order valence-corrected chi connectivity index (χ4v) is 3.61. The highest BCUT2D eigenvalue weighted by Crippen LogP contribution is 2.27. The normalized spacial score (nSPS) is 36.4. The van der Waals surface area contributed by atoms with Gasteiger partial charge < -0.3 is 14.5 Å². The van der Waals surface area contributed by atoms with Gasteiger partial charge in [0, 0.05) is 26.1 Å². The molecule has 3 aliphatic rings.